The molecule has 1 saturated heterocycles. The van der Waals surface area contributed by atoms with E-state index in [4.69, 9.17) is 0 Å². The molecule has 1 aromatic rings. The first-order valence-corrected chi connectivity index (χ1v) is 11.0. The number of carbonyl (C=O) groups is 1. The normalized spacial score (nSPS) is 32.7. The number of Topliss-reactive ketones (excluding diaryl/α,β-unsaturated/α-hetero) is 1. The SMILES string of the molecule is CC1(C)[C@H]2CC[C@]1(C)C(=O)/C2=C\c1ccc(S(=O)(=O)N2CCCC2)cc1. The van der Waals surface area contributed by atoms with Crippen molar-refractivity contribution in [1.29, 1.82) is 0 Å². The van der Waals surface area contributed by atoms with Crippen LogP contribution in [0.4, 0.5) is 0 Å². The predicted octanol–water partition coefficient (Wildman–Crippen LogP) is 3.88. The summed E-state index contributed by atoms with van der Waals surface area (Å²) in [4.78, 5) is 13.3. The molecular formula is C21H27NO3S. The highest BCUT2D eigenvalue weighted by Gasteiger charge is 2.63. The van der Waals surface area contributed by atoms with Crippen molar-refractivity contribution in [2.75, 3.05) is 13.1 Å². The summed E-state index contributed by atoms with van der Waals surface area (Å²) in [6.07, 6.45) is 5.87. The summed E-state index contributed by atoms with van der Waals surface area (Å²) in [6.45, 7) is 7.72. The van der Waals surface area contributed by atoms with E-state index in [0.717, 1.165) is 36.8 Å². The Morgan fingerprint density at radius 3 is 2.23 bits per heavy atom. The van der Waals surface area contributed by atoms with Crippen LogP contribution >= 0.6 is 0 Å². The van der Waals surface area contributed by atoms with E-state index in [9.17, 15) is 13.2 Å². The van der Waals surface area contributed by atoms with Crippen LogP contribution in [0.2, 0.25) is 0 Å². The van der Waals surface area contributed by atoms with Gasteiger partial charge in [-0.25, -0.2) is 8.42 Å². The number of sulfonamides is 1. The molecule has 4 rings (SSSR count). The Bertz CT molecular complexity index is 876. The first-order chi connectivity index (χ1) is 12.2. The number of rotatable bonds is 3. The van der Waals surface area contributed by atoms with E-state index in [2.05, 4.69) is 20.8 Å². The van der Waals surface area contributed by atoms with Gasteiger partial charge in [0, 0.05) is 18.5 Å². The van der Waals surface area contributed by atoms with E-state index in [1.807, 2.05) is 18.2 Å². The minimum absolute atomic E-state index is 0.00501. The van der Waals surface area contributed by atoms with E-state index < -0.39 is 10.0 Å². The molecule has 3 aliphatic rings. The van der Waals surface area contributed by atoms with Crippen LogP contribution in [-0.4, -0.2) is 31.6 Å². The van der Waals surface area contributed by atoms with Crippen LogP contribution in [-0.2, 0) is 14.8 Å². The number of nitrogens with zero attached hydrogens (tertiary/aromatic N) is 1. The molecule has 26 heavy (non-hydrogen) atoms. The van der Waals surface area contributed by atoms with Crippen LogP contribution in [0.15, 0.2) is 34.7 Å². The highest BCUT2D eigenvalue weighted by Crippen LogP contribution is 2.65. The van der Waals surface area contributed by atoms with Crippen molar-refractivity contribution in [3.8, 4) is 0 Å². The van der Waals surface area contributed by atoms with Gasteiger partial charge in [0.15, 0.2) is 5.78 Å². The van der Waals surface area contributed by atoms with Gasteiger partial charge in [0.25, 0.3) is 0 Å². The maximum absolute atomic E-state index is 12.9. The minimum atomic E-state index is -3.38. The number of hydrogen-bond donors (Lipinski definition) is 0. The average Bonchev–Trinajstić information content (AvgIpc) is 3.24. The van der Waals surface area contributed by atoms with Gasteiger partial charge in [-0.3, -0.25) is 4.79 Å². The van der Waals surface area contributed by atoms with Gasteiger partial charge in [-0.15, -0.1) is 0 Å². The molecule has 0 radical (unpaired) electrons. The summed E-state index contributed by atoms with van der Waals surface area (Å²) in [5, 5.41) is 0. The molecule has 0 spiro atoms. The van der Waals surface area contributed by atoms with E-state index in [1.165, 1.54) is 0 Å². The van der Waals surface area contributed by atoms with Crippen LogP contribution in [0.3, 0.4) is 0 Å². The molecule has 1 aliphatic heterocycles. The van der Waals surface area contributed by atoms with E-state index in [1.54, 1.807) is 16.4 Å². The number of ketones is 1. The molecular weight excluding hydrogens is 346 g/mol. The van der Waals surface area contributed by atoms with Crippen molar-refractivity contribution >= 4 is 21.9 Å². The molecule has 5 heteroatoms. The van der Waals surface area contributed by atoms with Gasteiger partial charge in [0.05, 0.1) is 4.90 Å². The highest BCUT2D eigenvalue weighted by molar-refractivity contribution is 7.89. The minimum Gasteiger partial charge on any atom is -0.294 e. The van der Waals surface area contributed by atoms with Crippen LogP contribution in [0, 0.1) is 16.7 Å². The lowest BCUT2D eigenvalue weighted by molar-refractivity contribution is -0.125. The number of carbonyl (C=O) groups excluding carboxylic acids is 1. The summed E-state index contributed by atoms with van der Waals surface area (Å²) in [5.74, 6) is 0.570. The second kappa shape index (κ2) is 5.77. The standard InChI is InChI=1S/C21H27NO3S/c1-20(2)18-10-11-21(20,3)19(23)17(18)14-15-6-8-16(9-7-15)26(24,25)22-12-4-5-13-22/h6-9,14,18H,4-5,10-13H2,1-3H3/b17-14-/t18-,21+/m0/s1. The number of fused-ring (bicyclic) bond motifs is 2. The second-order valence-corrected chi connectivity index (χ2v) is 10.7. The Balaban J connectivity index is 1.63. The van der Waals surface area contributed by atoms with Crippen molar-refractivity contribution in [3.05, 3.63) is 35.4 Å². The summed E-state index contributed by atoms with van der Waals surface area (Å²) in [7, 11) is -3.38. The molecule has 0 amide bonds. The smallest absolute Gasteiger partial charge is 0.243 e. The monoisotopic (exact) mass is 373 g/mol. The maximum Gasteiger partial charge on any atom is 0.243 e. The molecule has 4 nitrogen and oxygen atoms in total. The van der Waals surface area contributed by atoms with Crippen molar-refractivity contribution in [3.63, 3.8) is 0 Å². The third-order valence-electron chi connectivity index (χ3n) is 7.27. The molecule has 0 aromatic heterocycles. The van der Waals surface area contributed by atoms with Crippen molar-refractivity contribution in [2.45, 2.75) is 51.3 Å². The lowest BCUT2D eigenvalue weighted by Gasteiger charge is -2.31. The Hall–Kier alpha value is -1.46. The topological polar surface area (TPSA) is 54.5 Å². The molecule has 0 unspecified atom stereocenters. The van der Waals surface area contributed by atoms with Gasteiger partial charge in [0.2, 0.25) is 10.0 Å². The zero-order valence-electron chi connectivity index (χ0n) is 15.8. The fourth-order valence-corrected chi connectivity index (χ4v) is 6.60. The lowest BCUT2D eigenvalue weighted by Crippen LogP contribution is -2.32. The van der Waals surface area contributed by atoms with Crippen LogP contribution in [0.5, 0.6) is 0 Å². The van der Waals surface area contributed by atoms with Crippen molar-refractivity contribution in [2.24, 2.45) is 16.7 Å². The summed E-state index contributed by atoms with van der Waals surface area (Å²) in [5.41, 5.74) is 1.55. The Morgan fingerprint density at radius 1 is 1.08 bits per heavy atom. The molecule has 2 saturated carbocycles. The molecule has 2 atom stereocenters. The van der Waals surface area contributed by atoms with Crippen molar-refractivity contribution in [1.82, 2.24) is 4.31 Å². The van der Waals surface area contributed by atoms with Gasteiger partial charge in [0.1, 0.15) is 0 Å². The second-order valence-electron chi connectivity index (χ2n) is 8.75. The molecule has 140 valence electrons. The van der Waals surface area contributed by atoms with E-state index in [0.29, 0.717) is 23.9 Å². The van der Waals surface area contributed by atoms with Crippen molar-refractivity contribution < 1.29 is 13.2 Å². The Morgan fingerprint density at radius 2 is 1.69 bits per heavy atom. The Labute approximate surface area is 156 Å². The fourth-order valence-electron chi connectivity index (χ4n) is 5.09. The first kappa shape index (κ1) is 17.9. The molecule has 1 aromatic carbocycles. The lowest BCUT2D eigenvalue weighted by atomic mass is 9.70. The van der Waals surface area contributed by atoms with Gasteiger partial charge >= 0.3 is 0 Å². The predicted molar refractivity (Wildman–Crippen MR) is 102 cm³/mol. The maximum atomic E-state index is 12.9. The van der Waals surface area contributed by atoms with Gasteiger partial charge in [-0.05, 0) is 66.4 Å². The summed E-state index contributed by atoms with van der Waals surface area (Å²) < 4.78 is 26.8. The number of hydrogen-bond acceptors (Lipinski definition) is 3. The van der Waals surface area contributed by atoms with Crippen LogP contribution in [0.1, 0.15) is 52.0 Å². The number of allylic oxidation sites excluding steroid dienone is 1. The number of benzene rings is 1. The summed E-state index contributed by atoms with van der Waals surface area (Å²) >= 11 is 0. The molecule has 1 heterocycles. The van der Waals surface area contributed by atoms with E-state index >= 15 is 0 Å². The van der Waals surface area contributed by atoms with Gasteiger partial charge < -0.3 is 0 Å². The third kappa shape index (κ3) is 2.36. The molecule has 0 N–H and O–H groups in total. The van der Waals surface area contributed by atoms with Crippen LogP contribution in [0.25, 0.3) is 6.08 Å². The quantitative estimate of drug-likeness (QED) is 0.756. The first-order valence-electron chi connectivity index (χ1n) is 9.54. The van der Waals surface area contributed by atoms with Gasteiger partial charge in [-0.1, -0.05) is 32.9 Å². The zero-order chi connectivity index (χ0) is 18.7. The largest absolute Gasteiger partial charge is 0.294 e. The molecule has 2 aliphatic carbocycles. The molecule has 3 fully saturated rings. The fraction of sp³-hybridized carbons (Fsp3) is 0.571. The zero-order valence-corrected chi connectivity index (χ0v) is 16.6. The summed E-state index contributed by atoms with van der Waals surface area (Å²) in [6, 6.07) is 6.99. The highest BCUT2D eigenvalue weighted by atomic mass is 32.2. The molecule has 2 bridgehead atoms. The Kier molecular flexibility index (Phi) is 3.98. The van der Waals surface area contributed by atoms with E-state index in [-0.39, 0.29) is 16.6 Å². The average molecular weight is 374 g/mol. The third-order valence-corrected chi connectivity index (χ3v) is 9.18. The van der Waals surface area contributed by atoms with Gasteiger partial charge in [-0.2, -0.15) is 4.31 Å². The van der Waals surface area contributed by atoms with Crippen LogP contribution < -0.4 is 0 Å².